The average Bonchev–Trinajstić information content (AvgIpc) is 2.51. The summed E-state index contributed by atoms with van der Waals surface area (Å²) in [6, 6.07) is 10.8. The molecule has 2 aromatic rings. The second-order valence-electron chi connectivity index (χ2n) is 4.52. The highest BCUT2D eigenvalue weighted by Gasteiger charge is 2.08. The van der Waals surface area contributed by atoms with Gasteiger partial charge in [0.2, 0.25) is 0 Å². The van der Waals surface area contributed by atoms with Crippen LogP contribution >= 0.6 is 0 Å². The van der Waals surface area contributed by atoms with E-state index in [1.807, 2.05) is 24.3 Å². The quantitative estimate of drug-likeness (QED) is 0.879. The second kappa shape index (κ2) is 6.69. The first-order valence-corrected chi connectivity index (χ1v) is 6.89. The van der Waals surface area contributed by atoms with Crippen LogP contribution in [0.2, 0.25) is 0 Å². The summed E-state index contributed by atoms with van der Waals surface area (Å²) in [5.41, 5.74) is 7.52. The van der Waals surface area contributed by atoms with Crippen molar-refractivity contribution in [2.24, 2.45) is 0 Å². The lowest BCUT2D eigenvalue weighted by Crippen LogP contribution is -2.21. The van der Waals surface area contributed by atoms with E-state index in [1.54, 1.807) is 12.1 Å². The molecule has 2 rings (SSSR count). The zero-order valence-corrected chi connectivity index (χ0v) is 12.2. The molecule has 0 bridgehead atoms. The molecule has 0 spiro atoms. The van der Waals surface area contributed by atoms with E-state index in [0.29, 0.717) is 0 Å². The first-order chi connectivity index (χ1) is 10.1. The van der Waals surface area contributed by atoms with Gasteiger partial charge in [0, 0.05) is 24.5 Å². The molecule has 0 saturated heterocycles. The van der Waals surface area contributed by atoms with Gasteiger partial charge >= 0.3 is 0 Å². The monoisotopic (exact) mass is 285 g/mol. The van der Waals surface area contributed by atoms with E-state index in [1.165, 1.54) is 0 Å². The van der Waals surface area contributed by atoms with Crippen LogP contribution in [0.1, 0.15) is 24.3 Å². The maximum atomic E-state index is 12.0. The summed E-state index contributed by atoms with van der Waals surface area (Å²) in [5.74, 6) is -0.0202. The Morgan fingerprint density at radius 1 is 1.10 bits per heavy atom. The Morgan fingerprint density at radius 3 is 2.29 bits per heavy atom. The third-order valence-electron chi connectivity index (χ3n) is 3.17. The van der Waals surface area contributed by atoms with E-state index in [4.69, 9.17) is 5.73 Å². The number of amides is 1. The third-order valence-corrected chi connectivity index (χ3v) is 3.17. The maximum absolute atomic E-state index is 12.0. The molecule has 0 aliphatic carbocycles. The van der Waals surface area contributed by atoms with Gasteiger partial charge in [-0.05, 0) is 50.2 Å². The van der Waals surface area contributed by atoms with Crippen LogP contribution < -0.4 is 16.0 Å². The summed E-state index contributed by atoms with van der Waals surface area (Å²) in [7, 11) is 0. The van der Waals surface area contributed by atoms with Crippen molar-refractivity contribution in [1.82, 2.24) is 10.2 Å². The molecule has 1 amide bonds. The van der Waals surface area contributed by atoms with E-state index in [9.17, 15) is 4.79 Å². The van der Waals surface area contributed by atoms with Crippen LogP contribution in [0.25, 0.3) is 0 Å². The summed E-state index contributed by atoms with van der Waals surface area (Å²) in [6.07, 6.45) is 0. The standard InChI is InChI=1S/C15H19N5O/c1-3-20(4-2)12-7-5-11(6-8-12)17-15(21)13-9-10-14(16)19-18-13/h5-10H,3-4H2,1-2H3,(H2,16,19)(H,17,21). The van der Waals surface area contributed by atoms with Gasteiger partial charge in [-0.1, -0.05) is 0 Å². The predicted molar refractivity (Wildman–Crippen MR) is 84.4 cm³/mol. The SMILES string of the molecule is CCN(CC)c1ccc(NC(=O)c2ccc(N)nn2)cc1. The number of hydrogen-bond donors (Lipinski definition) is 2. The van der Waals surface area contributed by atoms with Crippen molar-refractivity contribution in [2.45, 2.75) is 13.8 Å². The highest BCUT2D eigenvalue weighted by atomic mass is 16.1. The normalized spacial score (nSPS) is 10.2. The number of rotatable bonds is 5. The molecule has 1 aromatic heterocycles. The van der Waals surface area contributed by atoms with Crippen LogP contribution in [-0.4, -0.2) is 29.2 Å². The van der Waals surface area contributed by atoms with Crippen molar-refractivity contribution in [3.05, 3.63) is 42.1 Å². The Bertz CT molecular complexity index is 590. The van der Waals surface area contributed by atoms with Gasteiger partial charge in [-0.25, -0.2) is 0 Å². The van der Waals surface area contributed by atoms with Crippen LogP contribution in [0.4, 0.5) is 17.2 Å². The molecule has 1 heterocycles. The van der Waals surface area contributed by atoms with Crippen molar-refractivity contribution >= 4 is 23.1 Å². The largest absolute Gasteiger partial charge is 0.382 e. The second-order valence-corrected chi connectivity index (χ2v) is 4.52. The summed E-state index contributed by atoms with van der Waals surface area (Å²) in [6.45, 7) is 6.12. The first kappa shape index (κ1) is 14.8. The highest BCUT2D eigenvalue weighted by Crippen LogP contribution is 2.18. The zero-order chi connectivity index (χ0) is 15.2. The number of carbonyl (C=O) groups excluding carboxylic acids is 1. The van der Waals surface area contributed by atoms with E-state index < -0.39 is 0 Å². The Balaban J connectivity index is 2.06. The van der Waals surface area contributed by atoms with Crippen LogP contribution in [0.15, 0.2) is 36.4 Å². The fourth-order valence-electron chi connectivity index (χ4n) is 2.00. The molecule has 3 N–H and O–H groups in total. The first-order valence-electron chi connectivity index (χ1n) is 6.89. The minimum Gasteiger partial charge on any atom is -0.382 e. The van der Waals surface area contributed by atoms with Crippen LogP contribution in [-0.2, 0) is 0 Å². The van der Waals surface area contributed by atoms with Crippen molar-refractivity contribution in [3.8, 4) is 0 Å². The van der Waals surface area contributed by atoms with Gasteiger partial charge in [0.15, 0.2) is 5.69 Å². The van der Waals surface area contributed by atoms with E-state index in [2.05, 4.69) is 34.3 Å². The van der Waals surface area contributed by atoms with E-state index >= 15 is 0 Å². The van der Waals surface area contributed by atoms with Crippen LogP contribution in [0.5, 0.6) is 0 Å². The van der Waals surface area contributed by atoms with Gasteiger partial charge in [-0.2, -0.15) is 0 Å². The third kappa shape index (κ3) is 3.68. The van der Waals surface area contributed by atoms with Gasteiger partial charge < -0.3 is 16.0 Å². The molecule has 0 saturated carbocycles. The fraction of sp³-hybridized carbons (Fsp3) is 0.267. The van der Waals surface area contributed by atoms with E-state index in [-0.39, 0.29) is 17.4 Å². The topological polar surface area (TPSA) is 84.1 Å². The van der Waals surface area contributed by atoms with Gasteiger partial charge in [0.05, 0.1) is 0 Å². The predicted octanol–water partition coefficient (Wildman–Crippen LogP) is 2.16. The molecule has 0 unspecified atom stereocenters. The molecule has 0 radical (unpaired) electrons. The molecule has 0 fully saturated rings. The van der Waals surface area contributed by atoms with Crippen molar-refractivity contribution in [3.63, 3.8) is 0 Å². The summed E-state index contributed by atoms with van der Waals surface area (Å²) in [4.78, 5) is 14.2. The van der Waals surface area contributed by atoms with Crippen molar-refractivity contribution < 1.29 is 4.79 Å². The maximum Gasteiger partial charge on any atom is 0.276 e. The van der Waals surface area contributed by atoms with Crippen LogP contribution in [0.3, 0.4) is 0 Å². The van der Waals surface area contributed by atoms with Crippen molar-refractivity contribution in [1.29, 1.82) is 0 Å². The van der Waals surface area contributed by atoms with Gasteiger partial charge in [-0.3, -0.25) is 4.79 Å². The Morgan fingerprint density at radius 2 is 1.76 bits per heavy atom. The van der Waals surface area contributed by atoms with Crippen molar-refractivity contribution in [2.75, 3.05) is 29.0 Å². The molecule has 110 valence electrons. The molecule has 21 heavy (non-hydrogen) atoms. The van der Waals surface area contributed by atoms with Gasteiger partial charge in [0.1, 0.15) is 5.82 Å². The molecular formula is C15H19N5O. The summed E-state index contributed by atoms with van der Waals surface area (Å²) >= 11 is 0. The number of carbonyl (C=O) groups is 1. The van der Waals surface area contributed by atoms with E-state index in [0.717, 1.165) is 24.5 Å². The number of nitrogen functional groups attached to an aromatic ring is 1. The number of nitrogens with two attached hydrogens (primary N) is 1. The molecule has 0 aliphatic rings. The Labute approximate surface area is 124 Å². The molecular weight excluding hydrogens is 266 g/mol. The number of nitrogens with one attached hydrogen (secondary N) is 1. The summed E-state index contributed by atoms with van der Waals surface area (Å²) < 4.78 is 0. The Kier molecular flexibility index (Phi) is 4.71. The van der Waals surface area contributed by atoms with Gasteiger partial charge in [0.25, 0.3) is 5.91 Å². The summed E-state index contributed by atoms with van der Waals surface area (Å²) in [5, 5.41) is 10.2. The smallest absolute Gasteiger partial charge is 0.276 e. The molecule has 6 nitrogen and oxygen atoms in total. The minimum atomic E-state index is -0.307. The lowest BCUT2D eigenvalue weighted by atomic mass is 10.2. The molecule has 1 aromatic carbocycles. The molecule has 0 aliphatic heterocycles. The number of aromatic nitrogens is 2. The zero-order valence-electron chi connectivity index (χ0n) is 12.2. The number of hydrogen-bond acceptors (Lipinski definition) is 5. The van der Waals surface area contributed by atoms with Crippen LogP contribution in [0, 0.1) is 0 Å². The lowest BCUT2D eigenvalue weighted by molar-refractivity contribution is 0.102. The fourth-order valence-corrected chi connectivity index (χ4v) is 2.00. The Hall–Kier alpha value is -2.63. The highest BCUT2D eigenvalue weighted by molar-refractivity contribution is 6.02. The number of benzene rings is 1. The molecule has 6 heteroatoms. The number of nitrogens with zero attached hydrogens (tertiary/aromatic N) is 3. The minimum absolute atomic E-state index is 0.233. The van der Waals surface area contributed by atoms with Gasteiger partial charge in [-0.15, -0.1) is 10.2 Å². The number of anilines is 3. The average molecular weight is 285 g/mol. The lowest BCUT2D eigenvalue weighted by Gasteiger charge is -2.21. The molecule has 0 atom stereocenters.